The molecule has 158 valence electrons. The summed E-state index contributed by atoms with van der Waals surface area (Å²) < 4.78 is 25.7. The van der Waals surface area contributed by atoms with Gasteiger partial charge < -0.3 is 23.5 Å². The van der Waals surface area contributed by atoms with E-state index in [-0.39, 0.29) is 6.29 Å². The van der Waals surface area contributed by atoms with Crippen molar-refractivity contribution in [3.05, 3.63) is 22.8 Å². The lowest BCUT2D eigenvalue weighted by molar-refractivity contribution is -0.142. The largest absolute Gasteiger partial charge is 0.477 e. The Morgan fingerprint density at radius 2 is 1.86 bits per heavy atom. The molecule has 2 rings (SSSR count). The lowest BCUT2D eigenvalue weighted by Crippen LogP contribution is -2.22. The van der Waals surface area contributed by atoms with Gasteiger partial charge in [0.15, 0.2) is 6.29 Å². The van der Waals surface area contributed by atoms with E-state index >= 15 is 0 Å². The molecular weight excluding hydrogens is 440 g/mol. The third-order valence-corrected chi connectivity index (χ3v) is 6.45. The van der Waals surface area contributed by atoms with Crippen molar-refractivity contribution in [2.75, 3.05) is 26.4 Å². The summed E-state index contributed by atoms with van der Waals surface area (Å²) in [5.74, 6) is 0.571. The van der Waals surface area contributed by atoms with Crippen molar-refractivity contribution >= 4 is 35.0 Å². The van der Waals surface area contributed by atoms with Crippen LogP contribution in [-0.4, -0.2) is 50.3 Å². The number of aromatic nitrogens is 2. The van der Waals surface area contributed by atoms with E-state index in [0.29, 0.717) is 38.9 Å². The van der Waals surface area contributed by atoms with Crippen molar-refractivity contribution in [2.24, 2.45) is 0 Å². The first-order valence-corrected chi connectivity index (χ1v) is 14.4. The van der Waals surface area contributed by atoms with Crippen LogP contribution in [0.25, 0.3) is 11.0 Å². The van der Waals surface area contributed by atoms with Crippen LogP contribution in [0.4, 0.5) is 0 Å². The lowest BCUT2D eigenvalue weighted by atomic mass is 10.3. The summed E-state index contributed by atoms with van der Waals surface area (Å²) in [7, 11) is -1.08. The van der Waals surface area contributed by atoms with Gasteiger partial charge in [0.25, 0.3) is 0 Å². The Morgan fingerprint density at radius 3 is 2.50 bits per heavy atom. The zero-order valence-electron chi connectivity index (χ0n) is 17.7. The third kappa shape index (κ3) is 7.48. The summed E-state index contributed by atoms with van der Waals surface area (Å²) in [6, 6.07) is 5.22. The van der Waals surface area contributed by atoms with Gasteiger partial charge in [-0.2, -0.15) is 4.98 Å². The molecule has 0 amide bonds. The lowest BCUT2D eigenvalue weighted by Gasteiger charge is -2.17. The SMILES string of the molecule is CCOC(CCOc1nc2c(ccn2COCC[Si](C)(C)C)cc1Br)OCC. The number of hydrogen-bond donors (Lipinski definition) is 0. The summed E-state index contributed by atoms with van der Waals surface area (Å²) >= 11 is 3.56. The highest BCUT2D eigenvalue weighted by atomic mass is 79.9. The Labute approximate surface area is 177 Å². The first-order valence-electron chi connectivity index (χ1n) is 9.93. The van der Waals surface area contributed by atoms with Gasteiger partial charge in [0.2, 0.25) is 5.88 Å². The van der Waals surface area contributed by atoms with Gasteiger partial charge in [-0.3, -0.25) is 0 Å². The van der Waals surface area contributed by atoms with Gasteiger partial charge in [0.05, 0.1) is 11.1 Å². The molecule has 0 spiro atoms. The van der Waals surface area contributed by atoms with Crippen molar-refractivity contribution in [1.82, 2.24) is 9.55 Å². The van der Waals surface area contributed by atoms with Crippen LogP contribution in [0.15, 0.2) is 22.8 Å². The number of pyridine rings is 1. The molecule has 0 aromatic carbocycles. The van der Waals surface area contributed by atoms with E-state index in [1.807, 2.05) is 36.7 Å². The minimum atomic E-state index is -1.08. The van der Waals surface area contributed by atoms with Gasteiger partial charge >= 0.3 is 0 Å². The van der Waals surface area contributed by atoms with Crippen LogP contribution in [0, 0.1) is 0 Å². The van der Waals surface area contributed by atoms with Crippen LogP contribution in [-0.2, 0) is 20.9 Å². The summed E-state index contributed by atoms with van der Waals surface area (Å²) in [6.45, 7) is 14.0. The van der Waals surface area contributed by atoms with Crippen molar-refractivity contribution in [3.63, 3.8) is 0 Å². The molecule has 0 saturated carbocycles. The van der Waals surface area contributed by atoms with Gasteiger partial charge in [-0.05, 0) is 48.0 Å². The van der Waals surface area contributed by atoms with E-state index in [1.54, 1.807) is 0 Å². The molecular formula is C20H33BrN2O4Si. The van der Waals surface area contributed by atoms with Crippen LogP contribution in [0.1, 0.15) is 20.3 Å². The van der Waals surface area contributed by atoms with E-state index in [1.165, 1.54) is 0 Å². The molecule has 0 atom stereocenters. The molecule has 2 aromatic heterocycles. The smallest absolute Gasteiger partial charge is 0.230 e. The highest BCUT2D eigenvalue weighted by molar-refractivity contribution is 9.10. The van der Waals surface area contributed by atoms with Crippen molar-refractivity contribution in [1.29, 1.82) is 0 Å². The Bertz CT molecular complexity index is 727. The molecule has 0 aliphatic rings. The first-order chi connectivity index (χ1) is 13.3. The van der Waals surface area contributed by atoms with Gasteiger partial charge in [0.1, 0.15) is 12.4 Å². The standard InChI is InChI=1S/C20H33BrN2O4Si/c1-6-25-18(26-7-2)9-11-27-20-17(21)14-16-8-10-23(19(16)22-20)15-24-12-13-28(3,4)5/h8,10,14,18H,6-7,9,11-13,15H2,1-5H3. The van der Waals surface area contributed by atoms with E-state index < -0.39 is 8.07 Å². The van der Waals surface area contributed by atoms with Crippen molar-refractivity contribution < 1.29 is 18.9 Å². The second-order valence-electron chi connectivity index (χ2n) is 7.80. The summed E-state index contributed by atoms with van der Waals surface area (Å²) in [6.07, 6.45) is 2.40. The van der Waals surface area contributed by atoms with Crippen LogP contribution >= 0.6 is 15.9 Å². The Morgan fingerprint density at radius 1 is 1.14 bits per heavy atom. The van der Waals surface area contributed by atoms with E-state index in [0.717, 1.165) is 28.2 Å². The number of rotatable bonds is 13. The quantitative estimate of drug-likeness (QED) is 0.225. The molecule has 2 heterocycles. The average Bonchev–Trinajstić information content (AvgIpc) is 3.00. The molecule has 8 heteroatoms. The second-order valence-corrected chi connectivity index (χ2v) is 14.3. The molecule has 0 fully saturated rings. The molecule has 6 nitrogen and oxygen atoms in total. The summed E-state index contributed by atoms with van der Waals surface area (Å²) in [4.78, 5) is 4.69. The molecule has 0 radical (unpaired) electrons. The maximum absolute atomic E-state index is 5.90. The van der Waals surface area contributed by atoms with E-state index in [9.17, 15) is 0 Å². The fourth-order valence-electron chi connectivity index (χ4n) is 2.66. The number of ether oxygens (including phenoxy) is 4. The zero-order valence-corrected chi connectivity index (χ0v) is 20.3. The molecule has 0 aliphatic carbocycles. The van der Waals surface area contributed by atoms with Gasteiger partial charge in [-0.15, -0.1) is 0 Å². The minimum absolute atomic E-state index is 0.249. The van der Waals surface area contributed by atoms with Crippen LogP contribution in [0.2, 0.25) is 25.7 Å². The number of halogens is 1. The molecule has 0 saturated heterocycles. The maximum Gasteiger partial charge on any atom is 0.230 e. The van der Waals surface area contributed by atoms with Crippen molar-refractivity contribution in [2.45, 2.75) is 59.0 Å². The van der Waals surface area contributed by atoms with Gasteiger partial charge in [-0.1, -0.05) is 19.6 Å². The van der Waals surface area contributed by atoms with Crippen LogP contribution in [0.5, 0.6) is 5.88 Å². The normalized spacial score (nSPS) is 12.2. The maximum atomic E-state index is 5.90. The zero-order chi connectivity index (χ0) is 20.6. The topological polar surface area (TPSA) is 54.7 Å². The Kier molecular flexibility index (Phi) is 9.42. The van der Waals surface area contributed by atoms with Gasteiger partial charge in [0, 0.05) is 45.9 Å². The first kappa shape index (κ1) is 23.3. The number of hydrogen-bond acceptors (Lipinski definition) is 5. The predicted molar refractivity (Wildman–Crippen MR) is 119 cm³/mol. The Hall–Kier alpha value is -0.933. The van der Waals surface area contributed by atoms with Crippen LogP contribution < -0.4 is 4.74 Å². The molecule has 0 bridgehead atoms. The number of fused-ring (bicyclic) bond motifs is 1. The summed E-state index contributed by atoms with van der Waals surface area (Å²) in [5, 5.41) is 1.05. The molecule has 0 unspecified atom stereocenters. The molecule has 28 heavy (non-hydrogen) atoms. The van der Waals surface area contributed by atoms with Crippen LogP contribution in [0.3, 0.4) is 0 Å². The van der Waals surface area contributed by atoms with E-state index in [2.05, 4.69) is 35.6 Å². The third-order valence-electron chi connectivity index (χ3n) is 4.18. The fourth-order valence-corrected chi connectivity index (χ4v) is 3.86. The number of nitrogens with zero attached hydrogens (tertiary/aromatic N) is 2. The average molecular weight is 473 g/mol. The minimum Gasteiger partial charge on any atom is -0.477 e. The fraction of sp³-hybridized carbons (Fsp3) is 0.650. The van der Waals surface area contributed by atoms with Gasteiger partial charge in [-0.25, -0.2) is 0 Å². The van der Waals surface area contributed by atoms with E-state index in [4.69, 9.17) is 23.9 Å². The summed E-state index contributed by atoms with van der Waals surface area (Å²) in [5.41, 5.74) is 0.859. The highest BCUT2D eigenvalue weighted by Gasteiger charge is 2.14. The van der Waals surface area contributed by atoms with Crippen molar-refractivity contribution in [3.8, 4) is 5.88 Å². The predicted octanol–water partition coefficient (Wildman–Crippen LogP) is 5.28. The monoisotopic (exact) mass is 472 g/mol. The molecule has 2 aromatic rings. The molecule has 0 N–H and O–H groups in total. The Balaban J connectivity index is 1.97. The second kappa shape index (κ2) is 11.3. The highest BCUT2D eigenvalue weighted by Crippen LogP contribution is 2.28. The molecule has 0 aliphatic heterocycles.